The fourth-order valence-electron chi connectivity index (χ4n) is 1.86. The van der Waals surface area contributed by atoms with Gasteiger partial charge in [0.25, 0.3) is 0 Å². The molecule has 2 rings (SSSR count). The molecule has 0 aliphatic carbocycles. The molecule has 1 heterocycles. The minimum atomic E-state index is 0.411. The van der Waals surface area contributed by atoms with Crippen molar-refractivity contribution in [2.75, 3.05) is 13.7 Å². The first-order valence-corrected chi connectivity index (χ1v) is 6.65. The normalized spacial score (nSPS) is 10.6. The van der Waals surface area contributed by atoms with Gasteiger partial charge in [0, 0.05) is 24.9 Å². The van der Waals surface area contributed by atoms with Gasteiger partial charge in [-0.3, -0.25) is 0 Å². The summed E-state index contributed by atoms with van der Waals surface area (Å²) >= 11 is 0. The van der Waals surface area contributed by atoms with Gasteiger partial charge in [-0.2, -0.15) is 0 Å². The molecule has 0 radical (unpaired) electrons. The number of nitrogens with two attached hydrogens (primary N) is 1. The summed E-state index contributed by atoms with van der Waals surface area (Å²) < 4.78 is 10.9. The van der Waals surface area contributed by atoms with E-state index in [-0.39, 0.29) is 0 Å². The van der Waals surface area contributed by atoms with E-state index >= 15 is 0 Å². The molecule has 0 spiro atoms. The van der Waals surface area contributed by atoms with Crippen molar-refractivity contribution in [2.45, 2.75) is 19.9 Å². The van der Waals surface area contributed by atoms with Crippen LogP contribution in [0.25, 0.3) is 0 Å². The molecule has 1 aromatic carbocycles. The highest BCUT2D eigenvalue weighted by atomic mass is 16.5. The molecule has 0 atom stereocenters. The zero-order valence-corrected chi connectivity index (χ0v) is 11.9. The van der Waals surface area contributed by atoms with Crippen LogP contribution in [0.15, 0.2) is 36.4 Å². The molecule has 20 heavy (non-hydrogen) atoms. The first-order valence-electron chi connectivity index (χ1n) is 6.65. The second-order valence-electron chi connectivity index (χ2n) is 4.61. The van der Waals surface area contributed by atoms with Crippen LogP contribution in [0.1, 0.15) is 16.8 Å². The van der Waals surface area contributed by atoms with Gasteiger partial charge in [0.15, 0.2) is 0 Å². The van der Waals surface area contributed by atoms with Crippen LogP contribution in [-0.2, 0) is 17.7 Å². The maximum Gasteiger partial charge on any atom is 0.223 e. The molecular formula is C16H20N2O2. The highest BCUT2D eigenvalue weighted by Crippen LogP contribution is 2.23. The third-order valence-electron chi connectivity index (χ3n) is 3.03. The third-order valence-corrected chi connectivity index (χ3v) is 3.03. The first kappa shape index (κ1) is 14.5. The molecule has 2 aromatic rings. The third kappa shape index (κ3) is 3.79. The molecule has 2 N–H and O–H groups in total. The summed E-state index contributed by atoms with van der Waals surface area (Å²) in [6, 6.07) is 11.8. The highest BCUT2D eigenvalue weighted by molar-refractivity contribution is 5.35. The maximum atomic E-state index is 5.82. The second kappa shape index (κ2) is 7.03. The van der Waals surface area contributed by atoms with E-state index in [0.29, 0.717) is 12.4 Å². The quantitative estimate of drug-likeness (QED) is 0.878. The summed E-state index contributed by atoms with van der Waals surface area (Å²) in [4.78, 5) is 4.39. The van der Waals surface area contributed by atoms with Gasteiger partial charge < -0.3 is 15.2 Å². The van der Waals surface area contributed by atoms with Gasteiger partial charge in [-0.25, -0.2) is 4.98 Å². The van der Waals surface area contributed by atoms with Gasteiger partial charge >= 0.3 is 0 Å². The minimum absolute atomic E-state index is 0.411. The molecule has 0 aliphatic rings. The number of nitrogens with zero attached hydrogens (tertiary/aromatic N) is 1. The Labute approximate surface area is 119 Å². The molecule has 0 fully saturated rings. The fourth-order valence-corrected chi connectivity index (χ4v) is 1.86. The minimum Gasteiger partial charge on any atom is -0.439 e. The Kier molecular flexibility index (Phi) is 5.09. The average molecular weight is 272 g/mol. The smallest absolute Gasteiger partial charge is 0.223 e. The van der Waals surface area contributed by atoms with E-state index in [2.05, 4.69) is 4.98 Å². The van der Waals surface area contributed by atoms with E-state index in [1.54, 1.807) is 7.11 Å². The summed E-state index contributed by atoms with van der Waals surface area (Å²) in [5.74, 6) is 1.34. The average Bonchev–Trinajstić information content (AvgIpc) is 2.47. The summed E-state index contributed by atoms with van der Waals surface area (Å²) in [6.07, 6.45) is 0.896. The van der Waals surface area contributed by atoms with Crippen molar-refractivity contribution in [2.24, 2.45) is 5.73 Å². The summed E-state index contributed by atoms with van der Waals surface area (Å²) in [5, 5.41) is 0. The molecule has 106 valence electrons. The topological polar surface area (TPSA) is 57.4 Å². The number of pyridine rings is 1. The number of ether oxygens (including phenoxy) is 2. The lowest BCUT2D eigenvalue weighted by Gasteiger charge is -2.10. The predicted octanol–water partition coefficient (Wildman–Crippen LogP) is 2.83. The number of hydrogen-bond acceptors (Lipinski definition) is 4. The van der Waals surface area contributed by atoms with E-state index in [4.69, 9.17) is 15.2 Å². The SMILES string of the molecule is COCCc1ccc(Oc2nc(C)ccc2CN)cc1. The zero-order valence-electron chi connectivity index (χ0n) is 11.9. The Morgan fingerprint density at radius 1 is 1.10 bits per heavy atom. The number of aryl methyl sites for hydroxylation is 1. The standard InChI is InChI=1S/C16H20N2O2/c1-12-3-6-14(11-17)16(18-12)20-15-7-4-13(5-8-15)9-10-19-2/h3-8H,9-11,17H2,1-2H3. The summed E-state index contributed by atoms with van der Waals surface area (Å²) in [6.45, 7) is 3.06. The molecule has 0 unspecified atom stereocenters. The fraction of sp³-hybridized carbons (Fsp3) is 0.312. The zero-order chi connectivity index (χ0) is 14.4. The molecule has 4 nitrogen and oxygen atoms in total. The Morgan fingerprint density at radius 3 is 2.50 bits per heavy atom. The van der Waals surface area contributed by atoms with Crippen LogP contribution in [0.5, 0.6) is 11.6 Å². The lowest BCUT2D eigenvalue weighted by atomic mass is 10.1. The molecule has 0 bridgehead atoms. The second-order valence-corrected chi connectivity index (χ2v) is 4.61. The molecule has 0 saturated heterocycles. The lowest BCUT2D eigenvalue weighted by Crippen LogP contribution is -2.02. The Morgan fingerprint density at radius 2 is 1.85 bits per heavy atom. The Balaban J connectivity index is 2.11. The van der Waals surface area contributed by atoms with Crippen LogP contribution in [-0.4, -0.2) is 18.7 Å². The van der Waals surface area contributed by atoms with Crippen LogP contribution in [0.2, 0.25) is 0 Å². The first-order chi connectivity index (χ1) is 9.72. The van der Waals surface area contributed by atoms with Crippen LogP contribution >= 0.6 is 0 Å². The monoisotopic (exact) mass is 272 g/mol. The highest BCUT2D eigenvalue weighted by Gasteiger charge is 2.06. The van der Waals surface area contributed by atoms with Crippen LogP contribution < -0.4 is 10.5 Å². The van der Waals surface area contributed by atoms with Gasteiger partial charge in [-0.1, -0.05) is 18.2 Å². The van der Waals surface area contributed by atoms with Gasteiger partial charge in [-0.05, 0) is 37.1 Å². The Bertz CT molecular complexity index is 553. The van der Waals surface area contributed by atoms with Crippen molar-refractivity contribution in [3.05, 3.63) is 53.2 Å². The van der Waals surface area contributed by atoms with Crippen LogP contribution in [0.4, 0.5) is 0 Å². The molecule has 1 aromatic heterocycles. The van der Waals surface area contributed by atoms with Crippen LogP contribution in [0.3, 0.4) is 0 Å². The van der Waals surface area contributed by atoms with E-state index in [9.17, 15) is 0 Å². The van der Waals surface area contributed by atoms with Crippen LogP contribution in [0, 0.1) is 6.92 Å². The number of aromatic nitrogens is 1. The van der Waals surface area contributed by atoms with E-state index < -0.39 is 0 Å². The molecule has 4 heteroatoms. The summed E-state index contributed by atoms with van der Waals surface area (Å²) in [7, 11) is 1.70. The van der Waals surface area contributed by atoms with E-state index in [0.717, 1.165) is 30.0 Å². The van der Waals surface area contributed by atoms with Gasteiger partial charge in [-0.15, -0.1) is 0 Å². The number of hydrogen-bond donors (Lipinski definition) is 1. The van der Waals surface area contributed by atoms with Gasteiger partial charge in [0.05, 0.1) is 6.61 Å². The molecule has 0 amide bonds. The van der Waals surface area contributed by atoms with Crippen molar-refractivity contribution >= 4 is 0 Å². The lowest BCUT2D eigenvalue weighted by molar-refractivity contribution is 0.202. The number of methoxy groups -OCH3 is 1. The van der Waals surface area contributed by atoms with Gasteiger partial charge in [0.2, 0.25) is 5.88 Å². The number of rotatable bonds is 6. The molecular weight excluding hydrogens is 252 g/mol. The van der Waals surface area contributed by atoms with Gasteiger partial charge in [0.1, 0.15) is 5.75 Å². The molecule has 0 aliphatic heterocycles. The molecule has 0 saturated carbocycles. The van der Waals surface area contributed by atoms with Crippen molar-refractivity contribution < 1.29 is 9.47 Å². The maximum absolute atomic E-state index is 5.82. The largest absolute Gasteiger partial charge is 0.439 e. The van der Waals surface area contributed by atoms with Crippen molar-refractivity contribution in [1.29, 1.82) is 0 Å². The van der Waals surface area contributed by atoms with Crippen molar-refractivity contribution in [3.8, 4) is 11.6 Å². The number of benzene rings is 1. The van der Waals surface area contributed by atoms with Crippen molar-refractivity contribution in [1.82, 2.24) is 4.98 Å². The Hall–Kier alpha value is -1.91. The predicted molar refractivity (Wildman–Crippen MR) is 79.0 cm³/mol. The summed E-state index contributed by atoms with van der Waals surface area (Å²) in [5.41, 5.74) is 8.73. The van der Waals surface area contributed by atoms with E-state index in [1.165, 1.54) is 5.56 Å². The van der Waals surface area contributed by atoms with E-state index in [1.807, 2.05) is 43.3 Å². The van der Waals surface area contributed by atoms with Crippen molar-refractivity contribution in [3.63, 3.8) is 0 Å².